The van der Waals surface area contributed by atoms with E-state index in [0.717, 1.165) is 24.4 Å². The predicted octanol–water partition coefficient (Wildman–Crippen LogP) is 3.32. The smallest absolute Gasteiger partial charge is 0.251 e. The van der Waals surface area contributed by atoms with Crippen molar-refractivity contribution in [1.82, 2.24) is 5.32 Å². The Bertz CT molecular complexity index is 769. The Kier molecular flexibility index (Phi) is 5.56. The quantitative estimate of drug-likeness (QED) is 0.868. The number of amides is 2. The molecule has 2 aromatic rings. The Hall–Kier alpha value is -2.82. The normalized spacial score (nSPS) is 15.0. The Labute approximate surface area is 154 Å². The largest absolute Gasteiger partial charge is 0.491 e. The number of hydrogen-bond acceptors (Lipinski definition) is 3. The molecule has 26 heavy (non-hydrogen) atoms. The Morgan fingerprint density at radius 3 is 2.46 bits per heavy atom. The van der Waals surface area contributed by atoms with Crippen molar-refractivity contribution >= 4 is 17.5 Å². The van der Waals surface area contributed by atoms with Crippen LogP contribution < -0.4 is 15.0 Å². The zero-order valence-electron chi connectivity index (χ0n) is 15.2. The first-order chi connectivity index (χ1) is 12.5. The zero-order valence-corrected chi connectivity index (χ0v) is 15.2. The van der Waals surface area contributed by atoms with E-state index < -0.39 is 0 Å². The third-order valence-electron chi connectivity index (χ3n) is 4.41. The second-order valence-corrected chi connectivity index (χ2v) is 6.69. The Morgan fingerprint density at radius 2 is 1.85 bits per heavy atom. The van der Waals surface area contributed by atoms with Gasteiger partial charge in [0.15, 0.2) is 0 Å². The molecule has 0 radical (unpaired) electrons. The van der Waals surface area contributed by atoms with Crippen LogP contribution in [0.15, 0.2) is 48.5 Å². The maximum Gasteiger partial charge on any atom is 0.251 e. The van der Waals surface area contributed by atoms with E-state index in [9.17, 15) is 9.59 Å². The lowest BCUT2D eigenvalue weighted by atomic mass is 10.1. The van der Waals surface area contributed by atoms with Crippen molar-refractivity contribution in [3.05, 3.63) is 59.7 Å². The lowest BCUT2D eigenvalue weighted by Crippen LogP contribution is -2.36. The van der Waals surface area contributed by atoms with E-state index in [1.54, 1.807) is 17.0 Å². The third kappa shape index (κ3) is 4.42. The maximum absolute atomic E-state index is 12.4. The highest BCUT2D eigenvalue weighted by Gasteiger charge is 2.21. The van der Waals surface area contributed by atoms with E-state index in [1.165, 1.54) is 5.56 Å². The molecule has 1 aliphatic heterocycles. The molecule has 0 spiro atoms. The van der Waals surface area contributed by atoms with Crippen LogP contribution in [0.3, 0.4) is 0 Å². The number of carbonyl (C=O) groups excluding carboxylic acids is 2. The summed E-state index contributed by atoms with van der Waals surface area (Å²) in [5.41, 5.74) is 2.60. The molecule has 1 heterocycles. The molecule has 1 N–H and O–H groups in total. The molecule has 136 valence electrons. The van der Waals surface area contributed by atoms with Gasteiger partial charge in [0.1, 0.15) is 12.4 Å². The summed E-state index contributed by atoms with van der Waals surface area (Å²) < 4.78 is 5.70. The second kappa shape index (κ2) is 8.04. The number of ether oxygens (including phenoxy) is 1. The molecule has 0 bridgehead atoms. The minimum absolute atomic E-state index is 0.122. The lowest BCUT2D eigenvalue weighted by molar-refractivity contribution is -0.117. The van der Waals surface area contributed by atoms with Crippen molar-refractivity contribution in [3.8, 4) is 5.75 Å². The topological polar surface area (TPSA) is 58.6 Å². The Morgan fingerprint density at radius 1 is 1.15 bits per heavy atom. The van der Waals surface area contributed by atoms with Crippen LogP contribution in [0.25, 0.3) is 0 Å². The average Bonchev–Trinajstić information content (AvgIpc) is 3.07. The molecule has 0 aromatic heterocycles. The van der Waals surface area contributed by atoms with Gasteiger partial charge in [0.25, 0.3) is 5.91 Å². The number of benzene rings is 2. The van der Waals surface area contributed by atoms with Crippen LogP contribution in [0.5, 0.6) is 5.75 Å². The molecule has 2 aromatic carbocycles. The molecule has 3 rings (SSSR count). The van der Waals surface area contributed by atoms with E-state index in [4.69, 9.17) is 4.74 Å². The van der Waals surface area contributed by atoms with Gasteiger partial charge in [-0.05, 0) is 56.7 Å². The van der Waals surface area contributed by atoms with Gasteiger partial charge in [0.2, 0.25) is 5.91 Å². The van der Waals surface area contributed by atoms with Crippen molar-refractivity contribution in [1.29, 1.82) is 0 Å². The fourth-order valence-electron chi connectivity index (χ4n) is 2.92. The number of anilines is 1. The Balaban J connectivity index is 1.52. The predicted molar refractivity (Wildman–Crippen MR) is 102 cm³/mol. The van der Waals surface area contributed by atoms with Crippen LogP contribution in [0, 0.1) is 6.92 Å². The SMILES string of the molecule is Cc1ccc(OCC(C)NC(=O)c2ccc(N3CCCC3=O)cc2)cc1. The van der Waals surface area contributed by atoms with E-state index in [2.05, 4.69) is 5.32 Å². The molecule has 1 atom stereocenters. The van der Waals surface area contributed by atoms with Crippen LogP contribution >= 0.6 is 0 Å². The molecular weight excluding hydrogens is 328 g/mol. The fourth-order valence-corrected chi connectivity index (χ4v) is 2.92. The van der Waals surface area contributed by atoms with Gasteiger partial charge in [-0.2, -0.15) is 0 Å². The van der Waals surface area contributed by atoms with Crippen LogP contribution in [0.2, 0.25) is 0 Å². The molecule has 2 amide bonds. The summed E-state index contributed by atoms with van der Waals surface area (Å²) in [7, 11) is 0. The van der Waals surface area contributed by atoms with Crippen molar-refractivity contribution in [2.75, 3.05) is 18.1 Å². The highest BCUT2D eigenvalue weighted by molar-refractivity contribution is 5.97. The second-order valence-electron chi connectivity index (χ2n) is 6.69. The highest BCUT2D eigenvalue weighted by Crippen LogP contribution is 2.21. The lowest BCUT2D eigenvalue weighted by Gasteiger charge is -2.17. The molecule has 0 saturated carbocycles. The van der Waals surface area contributed by atoms with Gasteiger partial charge in [0.05, 0.1) is 6.04 Å². The van der Waals surface area contributed by atoms with Crippen molar-refractivity contribution in [2.45, 2.75) is 32.7 Å². The van der Waals surface area contributed by atoms with Crippen molar-refractivity contribution < 1.29 is 14.3 Å². The number of carbonyl (C=O) groups is 2. The number of rotatable bonds is 6. The fraction of sp³-hybridized carbons (Fsp3) is 0.333. The monoisotopic (exact) mass is 352 g/mol. The first kappa shape index (κ1) is 18.0. The molecule has 0 aliphatic carbocycles. The van der Waals surface area contributed by atoms with Gasteiger partial charge >= 0.3 is 0 Å². The summed E-state index contributed by atoms with van der Waals surface area (Å²) in [5.74, 6) is 0.782. The molecule has 5 heteroatoms. The van der Waals surface area contributed by atoms with Gasteiger partial charge < -0.3 is 15.0 Å². The van der Waals surface area contributed by atoms with E-state index in [1.807, 2.05) is 50.2 Å². The minimum Gasteiger partial charge on any atom is -0.491 e. The van der Waals surface area contributed by atoms with Crippen LogP contribution in [0.4, 0.5) is 5.69 Å². The van der Waals surface area contributed by atoms with E-state index in [0.29, 0.717) is 18.6 Å². The van der Waals surface area contributed by atoms with Gasteiger partial charge in [0, 0.05) is 24.2 Å². The van der Waals surface area contributed by atoms with Crippen molar-refractivity contribution in [2.24, 2.45) is 0 Å². The summed E-state index contributed by atoms with van der Waals surface area (Å²) in [6.07, 6.45) is 1.49. The maximum atomic E-state index is 12.4. The molecule has 1 unspecified atom stereocenters. The van der Waals surface area contributed by atoms with Crippen LogP contribution in [0.1, 0.15) is 35.7 Å². The van der Waals surface area contributed by atoms with Gasteiger partial charge in [-0.25, -0.2) is 0 Å². The summed E-state index contributed by atoms with van der Waals surface area (Å²) in [6.45, 7) is 5.08. The first-order valence-electron chi connectivity index (χ1n) is 8.94. The summed E-state index contributed by atoms with van der Waals surface area (Å²) in [5, 5.41) is 2.93. The number of aryl methyl sites for hydroxylation is 1. The van der Waals surface area contributed by atoms with Crippen LogP contribution in [-0.4, -0.2) is 31.0 Å². The van der Waals surface area contributed by atoms with E-state index >= 15 is 0 Å². The first-order valence-corrected chi connectivity index (χ1v) is 8.94. The van der Waals surface area contributed by atoms with E-state index in [-0.39, 0.29) is 17.9 Å². The summed E-state index contributed by atoms with van der Waals surface area (Å²) >= 11 is 0. The zero-order chi connectivity index (χ0) is 18.5. The minimum atomic E-state index is -0.149. The molecule has 1 fully saturated rings. The highest BCUT2D eigenvalue weighted by atomic mass is 16.5. The van der Waals surface area contributed by atoms with Gasteiger partial charge in [-0.3, -0.25) is 9.59 Å². The standard InChI is InChI=1S/C21H24N2O3/c1-15-5-11-19(12-6-15)26-14-16(2)22-21(25)17-7-9-18(10-8-17)23-13-3-4-20(23)24/h5-12,16H,3-4,13-14H2,1-2H3,(H,22,25). The molecule has 1 saturated heterocycles. The number of nitrogens with zero attached hydrogens (tertiary/aromatic N) is 1. The average molecular weight is 352 g/mol. The molecule has 1 aliphatic rings. The number of hydrogen-bond donors (Lipinski definition) is 1. The molecular formula is C21H24N2O3. The summed E-state index contributed by atoms with van der Waals surface area (Å²) in [4.78, 5) is 25.9. The van der Waals surface area contributed by atoms with Gasteiger partial charge in [-0.15, -0.1) is 0 Å². The molecule has 5 nitrogen and oxygen atoms in total. The van der Waals surface area contributed by atoms with Gasteiger partial charge in [-0.1, -0.05) is 17.7 Å². The van der Waals surface area contributed by atoms with Crippen molar-refractivity contribution in [3.63, 3.8) is 0 Å². The number of nitrogens with one attached hydrogen (secondary N) is 1. The summed E-state index contributed by atoms with van der Waals surface area (Å²) in [6, 6.07) is 14.9. The third-order valence-corrected chi connectivity index (χ3v) is 4.41. The van der Waals surface area contributed by atoms with Crippen LogP contribution in [-0.2, 0) is 4.79 Å².